The number of nitrogens with zero attached hydrogens (tertiary/aromatic N) is 9. The second-order valence-electron chi connectivity index (χ2n) is 28.4. The standard InChI is InChI=1S/C72H98F8N12O14/c1-13-41(4)59-67(102)86(8)38-57(95)88(10)51-23-17-16-20-30-91(66(51)101)54(33-42-24-27-45(28-25-42)71(75,76)77)65(100)85(7)37-55(93)81-49(29-26-43-31-47(73)58(48(74)32-43)72(78,79)80)63(98)92-36-46(106-15-3)34-52(92)62(97)83-70(39-105-40-70)69(104)90(12)60(44-21-18-19-22-44)68(103)89(11)53(64(99)84(5)6)35-56(94)87(9)50(14-2)61(96)82-59/h16-17,24-25,27-28,31-32,41,44,46,49-54,59-60H,13-15,18-23,26,29-30,33-40H2,1-12H3,(H,81,93)(H,82,96)(H,83,97)/b17-16-/t41-,46+,49-,50-,51-,52-,53-,54-,59-,60-/m0/s1. The number of halogens is 8. The van der Waals surface area contributed by atoms with E-state index in [4.69, 9.17) is 9.47 Å². The number of fused-ring (bicyclic) bond motifs is 3. The molecule has 106 heavy (non-hydrogen) atoms. The maximum absolute atomic E-state index is 15.4. The van der Waals surface area contributed by atoms with E-state index in [1.54, 1.807) is 39.8 Å². The molecule has 4 heterocycles. The largest absolute Gasteiger partial charge is 0.422 e. The Labute approximate surface area is 611 Å². The van der Waals surface area contributed by atoms with Gasteiger partial charge in [0.15, 0.2) is 5.54 Å². The number of hydrogen-bond acceptors (Lipinski definition) is 14. The van der Waals surface area contributed by atoms with Crippen molar-refractivity contribution >= 4 is 70.9 Å². The van der Waals surface area contributed by atoms with Crippen LogP contribution in [-0.2, 0) is 92.2 Å². The Balaban J connectivity index is 1.34. The Kier molecular flexibility index (Phi) is 28.5. The fourth-order valence-electron chi connectivity index (χ4n) is 14.4. The highest BCUT2D eigenvalue weighted by Crippen LogP contribution is 2.37. The summed E-state index contributed by atoms with van der Waals surface area (Å²) < 4.78 is 125. The van der Waals surface area contributed by atoms with E-state index in [0.29, 0.717) is 44.2 Å². The maximum Gasteiger partial charge on any atom is 0.422 e. The first-order chi connectivity index (χ1) is 49.7. The van der Waals surface area contributed by atoms with Crippen molar-refractivity contribution in [3.8, 4) is 0 Å². The van der Waals surface area contributed by atoms with E-state index >= 15 is 37.5 Å². The van der Waals surface area contributed by atoms with Gasteiger partial charge in [0.1, 0.15) is 65.5 Å². The van der Waals surface area contributed by atoms with E-state index in [1.165, 1.54) is 54.2 Å². The van der Waals surface area contributed by atoms with E-state index in [-0.39, 0.29) is 50.9 Å². The zero-order valence-corrected chi connectivity index (χ0v) is 61.9. The Morgan fingerprint density at radius 1 is 0.689 bits per heavy atom. The van der Waals surface area contributed by atoms with E-state index in [2.05, 4.69) is 16.0 Å². The monoisotopic (exact) mass is 1510 g/mol. The molecule has 3 saturated heterocycles. The van der Waals surface area contributed by atoms with Crippen LogP contribution in [0.2, 0.25) is 0 Å². The van der Waals surface area contributed by atoms with Crippen molar-refractivity contribution in [2.24, 2.45) is 11.8 Å². The van der Waals surface area contributed by atoms with Crippen LogP contribution < -0.4 is 16.0 Å². The summed E-state index contributed by atoms with van der Waals surface area (Å²) >= 11 is 0. The van der Waals surface area contributed by atoms with Crippen LogP contribution in [-0.4, -0.2) is 277 Å². The Morgan fingerprint density at radius 2 is 1.31 bits per heavy atom. The van der Waals surface area contributed by atoms with Gasteiger partial charge in [-0.2, -0.15) is 26.3 Å². The first-order valence-electron chi connectivity index (χ1n) is 35.6. The van der Waals surface area contributed by atoms with Crippen LogP contribution in [0, 0.1) is 23.5 Å². The number of rotatable bonds is 12. The van der Waals surface area contributed by atoms with Crippen molar-refractivity contribution in [3.63, 3.8) is 0 Å². The van der Waals surface area contributed by atoms with E-state index in [1.807, 2.05) is 0 Å². The van der Waals surface area contributed by atoms with E-state index in [0.717, 1.165) is 70.5 Å². The lowest BCUT2D eigenvalue weighted by molar-refractivity contribution is -0.169. The highest BCUT2D eigenvalue weighted by Gasteiger charge is 2.55. The van der Waals surface area contributed by atoms with E-state index < -0.39 is 235 Å². The number of likely N-dealkylation sites (N-methyl/N-ethyl adjacent to an activating group) is 7. The Morgan fingerprint density at radius 3 is 1.87 bits per heavy atom. The van der Waals surface area contributed by atoms with Gasteiger partial charge in [-0.15, -0.1) is 0 Å². The maximum atomic E-state index is 15.4. The van der Waals surface area contributed by atoms with Crippen LogP contribution in [0.3, 0.4) is 0 Å². The van der Waals surface area contributed by atoms with Gasteiger partial charge in [-0.1, -0.05) is 64.3 Å². The van der Waals surface area contributed by atoms with Crippen LogP contribution in [0.4, 0.5) is 35.1 Å². The predicted octanol–water partition coefficient (Wildman–Crippen LogP) is 3.95. The molecule has 1 aliphatic carbocycles. The highest BCUT2D eigenvalue weighted by molar-refractivity contribution is 6.01. The molecule has 1 spiro atoms. The minimum atomic E-state index is -5.47. The molecule has 0 radical (unpaired) electrons. The number of carbonyl (C=O) groups excluding carboxylic acids is 12. The molecule has 2 bridgehead atoms. The van der Waals surface area contributed by atoms with Crippen molar-refractivity contribution < 1.29 is 102 Å². The van der Waals surface area contributed by atoms with Gasteiger partial charge in [0.2, 0.25) is 65.0 Å². The summed E-state index contributed by atoms with van der Waals surface area (Å²) in [5.74, 6) is -15.6. The minimum absolute atomic E-state index is 0.0263. The summed E-state index contributed by atoms with van der Waals surface area (Å²) in [7, 11) is 10.5. The molecule has 26 nitrogen and oxygen atoms in total. The highest BCUT2D eigenvalue weighted by atomic mass is 19.4. The lowest BCUT2D eigenvalue weighted by Gasteiger charge is -2.46. The van der Waals surface area contributed by atoms with Crippen LogP contribution in [0.25, 0.3) is 0 Å². The lowest BCUT2D eigenvalue weighted by Crippen LogP contribution is -2.73. The molecule has 12 amide bonds. The van der Waals surface area contributed by atoms with Gasteiger partial charge in [0.25, 0.3) is 5.91 Å². The second kappa shape index (κ2) is 35.7. The van der Waals surface area contributed by atoms with Gasteiger partial charge in [0.05, 0.1) is 44.4 Å². The van der Waals surface area contributed by atoms with Gasteiger partial charge in [0, 0.05) is 88.9 Å². The van der Waals surface area contributed by atoms with Crippen molar-refractivity contribution in [2.75, 3.05) is 102 Å². The molecular weight excluding hydrogens is 1410 g/mol. The summed E-state index contributed by atoms with van der Waals surface area (Å²) in [5.41, 5.74) is -5.50. The molecule has 1 saturated carbocycles. The van der Waals surface area contributed by atoms with Gasteiger partial charge in [-0.3, -0.25) is 57.5 Å². The molecule has 3 N–H and O–H groups in total. The van der Waals surface area contributed by atoms with Crippen LogP contribution >= 0.6 is 0 Å². The topological polar surface area (TPSA) is 289 Å². The molecule has 586 valence electrons. The normalized spacial score (nSPS) is 26.3. The summed E-state index contributed by atoms with van der Waals surface area (Å²) in [5, 5.41) is 8.04. The summed E-state index contributed by atoms with van der Waals surface area (Å²) in [6, 6.07) is -7.54. The molecule has 10 atom stereocenters. The third kappa shape index (κ3) is 19.7. The minimum Gasteiger partial charge on any atom is -0.377 e. The molecule has 0 aromatic heterocycles. The van der Waals surface area contributed by atoms with Gasteiger partial charge >= 0.3 is 12.4 Å². The van der Waals surface area contributed by atoms with Crippen molar-refractivity contribution in [3.05, 3.63) is 82.4 Å². The van der Waals surface area contributed by atoms with Crippen LogP contribution in [0.15, 0.2) is 48.6 Å². The van der Waals surface area contributed by atoms with Gasteiger partial charge < -0.3 is 69.5 Å². The first-order valence-corrected chi connectivity index (χ1v) is 35.6. The molecular formula is C72H98F8N12O14. The molecule has 7 rings (SSSR count). The lowest BCUT2D eigenvalue weighted by atomic mass is 9.90. The average molecular weight is 1510 g/mol. The van der Waals surface area contributed by atoms with Gasteiger partial charge in [-0.25, -0.2) is 8.78 Å². The van der Waals surface area contributed by atoms with Crippen LogP contribution in [0.5, 0.6) is 0 Å². The molecule has 5 aliphatic rings. The fourth-order valence-corrected chi connectivity index (χ4v) is 14.4. The van der Waals surface area contributed by atoms with Gasteiger partial charge in [-0.05, 0) is 99.1 Å². The van der Waals surface area contributed by atoms with Crippen molar-refractivity contribution in [2.45, 2.75) is 183 Å². The van der Waals surface area contributed by atoms with Crippen LogP contribution in [0.1, 0.15) is 121 Å². The zero-order valence-electron chi connectivity index (χ0n) is 61.9. The number of alkyl halides is 6. The molecule has 2 aromatic rings. The smallest absolute Gasteiger partial charge is 0.377 e. The molecule has 34 heteroatoms. The third-order valence-electron chi connectivity index (χ3n) is 20.9. The number of aryl methyl sites for hydroxylation is 1. The first kappa shape index (κ1) is 84.4. The number of amides is 12. The Bertz CT molecular complexity index is 3590. The SMILES string of the molecule is CCO[C@@H]1C[C@H]2C(=O)NC3(COC3)C(=O)N(C)[C@@H](C3CCCC3)C(=O)N(C)[C@H](C(=O)N(C)C)CC(=O)N(C)[C@@H](CC)C(=O)N[C@@H]([C@@H](C)CC)C(=O)N(C)CC(=O)N(C)[C@H]3C/C=C\CCN(C3=O)[C@@H](Cc3ccc(C(F)(F)F)cc3)C(=O)N(C)CC(=O)N[C@@H](CCc3cc(F)c(C(F)(F)F)c(F)c3)C(=O)N2C1. The molecule has 4 aliphatic heterocycles. The molecule has 4 fully saturated rings. The number of benzene rings is 2. The van der Waals surface area contributed by atoms with E-state index in [9.17, 15) is 55.1 Å². The van der Waals surface area contributed by atoms with Crippen molar-refractivity contribution in [1.82, 2.24) is 60.0 Å². The van der Waals surface area contributed by atoms with Crippen molar-refractivity contribution in [1.29, 1.82) is 0 Å². The molecule has 0 unspecified atom stereocenters. The third-order valence-corrected chi connectivity index (χ3v) is 20.9. The summed E-state index contributed by atoms with van der Waals surface area (Å²) in [4.78, 5) is 189. The number of ether oxygens (including phenoxy) is 2. The average Bonchev–Trinajstić information content (AvgIpc) is 1.21. The number of nitrogens with one attached hydrogen (secondary N) is 3. The second-order valence-corrected chi connectivity index (χ2v) is 28.4. The summed E-state index contributed by atoms with van der Waals surface area (Å²) in [6.45, 7) is 3.46. The number of carbonyl (C=O) groups is 12. The number of hydrogen-bond donors (Lipinski definition) is 3. The quantitative estimate of drug-likeness (QED) is 0.201. The summed E-state index contributed by atoms with van der Waals surface area (Å²) in [6.07, 6.45) is -8.26. The predicted molar refractivity (Wildman–Crippen MR) is 366 cm³/mol. The molecule has 2 aromatic carbocycles. The Hall–Kier alpha value is -8.82. The zero-order chi connectivity index (χ0) is 78.8. The fraction of sp³-hybridized carbons (Fsp3) is 0.639.